The highest BCUT2D eigenvalue weighted by Gasteiger charge is 2.26. The molecule has 0 N–H and O–H groups in total. The molecule has 6 nitrogen and oxygen atoms in total. The minimum absolute atomic E-state index is 0.00516. The molecule has 0 bridgehead atoms. The van der Waals surface area contributed by atoms with Crippen LogP contribution >= 0.6 is 11.3 Å². The first-order valence-corrected chi connectivity index (χ1v) is 10.4. The van der Waals surface area contributed by atoms with Crippen LogP contribution in [0.3, 0.4) is 0 Å². The second-order valence-corrected chi connectivity index (χ2v) is 8.69. The van der Waals surface area contributed by atoms with Crippen LogP contribution in [0.25, 0.3) is 4.96 Å². The predicted octanol–water partition coefficient (Wildman–Crippen LogP) is 2.43. The molecule has 7 heteroatoms. The molecular formula is C19H26N4O2S. The summed E-state index contributed by atoms with van der Waals surface area (Å²) in [4.78, 5) is 35.2. The van der Waals surface area contributed by atoms with Crippen LogP contribution in [0.2, 0.25) is 0 Å². The molecule has 0 unspecified atom stereocenters. The van der Waals surface area contributed by atoms with E-state index in [1.54, 1.807) is 21.8 Å². The van der Waals surface area contributed by atoms with Gasteiger partial charge in [-0.1, -0.05) is 6.42 Å². The lowest BCUT2D eigenvalue weighted by Crippen LogP contribution is -2.41. The number of hydrogen-bond donors (Lipinski definition) is 0. The van der Waals surface area contributed by atoms with E-state index in [1.807, 2.05) is 18.0 Å². The monoisotopic (exact) mass is 374 g/mol. The topological polar surface area (TPSA) is 57.9 Å². The number of hydrogen-bond acceptors (Lipinski definition) is 5. The molecule has 2 aliphatic heterocycles. The Labute approximate surface area is 157 Å². The minimum Gasteiger partial charge on any atom is -0.343 e. The summed E-state index contributed by atoms with van der Waals surface area (Å²) in [7, 11) is 0. The third kappa shape index (κ3) is 3.69. The summed E-state index contributed by atoms with van der Waals surface area (Å²) in [5.41, 5.74) is 0.867. The molecule has 2 aliphatic rings. The molecule has 2 aromatic rings. The highest BCUT2D eigenvalue weighted by molar-refractivity contribution is 7.16. The zero-order valence-corrected chi connectivity index (χ0v) is 16.1. The number of piperidine rings is 1. The van der Waals surface area contributed by atoms with Gasteiger partial charge in [0.25, 0.3) is 5.56 Å². The predicted molar refractivity (Wildman–Crippen MR) is 103 cm³/mol. The SMILES string of the molecule is Cc1cn2c(=O)cc(CN3CCCC[C@H]3CCN3CCCC3=O)nc2s1. The van der Waals surface area contributed by atoms with E-state index in [2.05, 4.69) is 4.90 Å². The lowest BCUT2D eigenvalue weighted by atomic mass is 9.99. The smallest absolute Gasteiger partial charge is 0.258 e. The summed E-state index contributed by atoms with van der Waals surface area (Å²) in [5, 5.41) is 0. The summed E-state index contributed by atoms with van der Waals surface area (Å²) in [6.07, 6.45) is 8.19. The van der Waals surface area contributed by atoms with Crippen LogP contribution in [0.5, 0.6) is 0 Å². The number of carbonyl (C=O) groups is 1. The number of amides is 1. The molecular weight excluding hydrogens is 348 g/mol. The number of fused-ring (bicyclic) bond motifs is 1. The van der Waals surface area contributed by atoms with Gasteiger partial charge in [0, 0.05) is 49.2 Å². The van der Waals surface area contributed by atoms with Gasteiger partial charge in [0.1, 0.15) is 0 Å². The van der Waals surface area contributed by atoms with Crippen molar-refractivity contribution in [3.05, 3.63) is 33.2 Å². The number of carbonyl (C=O) groups excluding carboxylic acids is 1. The van der Waals surface area contributed by atoms with E-state index in [0.29, 0.717) is 18.4 Å². The molecule has 0 saturated carbocycles. The van der Waals surface area contributed by atoms with Crippen molar-refractivity contribution in [2.75, 3.05) is 19.6 Å². The van der Waals surface area contributed by atoms with E-state index in [0.717, 1.165) is 54.6 Å². The normalized spacial score (nSPS) is 21.8. The number of likely N-dealkylation sites (tertiary alicyclic amines) is 2. The zero-order chi connectivity index (χ0) is 18.1. The third-order valence-corrected chi connectivity index (χ3v) is 6.45. The molecule has 26 heavy (non-hydrogen) atoms. The van der Waals surface area contributed by atoms with Gasteiger partial charge in [-0.3, -0.25) is 18.9 Å². The first-order valence-electron chi connectivity index (χ1n) is 9.61. The molecule has 0 radical (unpaired) electrons. The van der Waals surface area contributed by atoms with Crippen molar-refractivity contribution >= 4 is 22.2 Å². The Balaban J connectivity index is 1.46. The standard InChI is InChI=1S/C19H26N4O2S/c1-14-12-23-18(25)11-15(20-19(23)26-14)13-22-8-3-2-5-16(22)7-10-21-9-4-6-17(21)24/h11-12,16H,2-10,13H2,1H3/t16-/m0/s1. The van der Waals surface area contributed by atoms with Crippen LogP contribution in [0.15, 0.2) is 17.1 Å². The van der Waals surface area contributed by atoms with Crippen LogP contribution in [0.1, 0.15) is 49.1 Å². The fraction of sp³-hybridized carbons (Fsp3) is 0.632. The number of aromatic nitrogens is 2. The van der Waals surface area contributed by atoms with Crippen LogP contribution < -0.4 is 5.56 Å². The lowest BCUT2D eigenvalue weighted by molar-refractivity contribution is -0.127. The maximum atomic E-state index is 12.3. The summed E-state index contributed by atoms with van der Waals surface area (Å²) < 4.78 is 1.64. The maximum absolute atomic E-state index is 12.3. The van der Waals surface area contributed by atoms with Gasteiger partial charge in [-0.2, -0.15) is 0 Å². The van der Waals surface area contributed by atoms with Crippen molar-refractivity contribution in [2.45, 2.75) is 58.0 Å². The highest BCUT2D eigenvalue weighted by Crippen LogP contribution is 2.23. The molecule has 2 fully saturated rings. The maximum Gasteiger partial charge on any atom is 0.258 e. The number of nitrogens with zero attached hydrogens (tertiary/aromatic N) is 4. The summed E-state index contributed by atoms with van der Waals surface area (Å²) in [6.45, 7) is 5.54. The average molecular weight is 375 g/mol. The Hall–Kier alpha value is -1.73. The Bertz CT molecular complexity index is 859. The first-order chi connectivity index (χ1) is 12.6. The summed E-state index contributed by atoms with van der Waals surface area (Å²) >= 11 is 1.56. The Morgan fingerprint density at radius 1 is 1.23 bits per heavy atom. The van der Waals surface area contributed by atoms with Gasteiger partial charge in [-0.25, -0.2) is 4.98 Å². The molecule has 0 aliphatic carbocycles. The molecule has 140 valence electrons. The van der Waals surface area contributed by atoms with Gasteiger partial charge in [-0.05, 0) is 39.2 Å². The fourth-order valence-corrected chi connectivity index (χ4v) is 5.04. The van der Waals surface area contributed by atoms with E-state index < -0.39 is 0 Å². The van der Waals surface area contributed by atoms with E-state index in [9.17, 15) is 9.59 Å². The first kappa shape index (κ1) is 17.7. The van der Waals surface area contributed by atoms with Gasteiger partial charge in [-0.15, -0.1) is 11.3 Å². The largest absolute Gasteiger partial charge is 0.343 e. The van der Waals surface area contributed by atoms with Crippen LogP contribution in [0, 0.1) is 6.92 Å². The van der Waals surface area contributed by atoms with E-state index in [1.165, 1.54) is 19.3 Å². The number of rotatable bonds is 5. The number of thiazole rings is 1. The molecule has 1 amide bonds. The second-order valence-electron chi connectivity index (χ2n) is 7.47. The molecule has 2 saturated heterocycles. The second kappa shape index (κ2) is 7.48. The molecule has 4 heterocycles. The van der Waals surface area contributed by atoms with Gasteiger partial charge in [0.2, 0.25) is 5.91 Å². The van der Waals surface area contributed by atoms with Crippen molar-refractivity contribution in [3.63, 3.8) is 0 Å². The van der Waals surface area contributed by atoms with Crippen molar-refractivity contribution < 1.29 is 4.79 Å². The molecule has 1 atom stereocenters. The molecule has 4 rings (SSSR count). The Morgan fingerprint density at radius 2 is 2.12 bits per heavy atom. The highest BCUT2D eigenvalue weighted by atomic mass is 32.1. The van der Waals surface area contributed by atoms with Gasteiger partial charge in [0.05, 0.1) is 5.69 Å². The van der Waals surface area contributed by atoms with Crippen molar-refractivity contribution in [1.29, 1.82) is 0 Å². The van der Waals surface area contributed by atoms with Crippen molar-refractivity contribution in [1.82, 2.24) is 19.2 Å². The Morgan fingerprint density at radius 3 is 2.92 bits per heavy atom. The van der Waals surface area contributed by atoms with Crippen molar-refractivity contribution in [2.24, 2.45) is 0 Å². The van der Waals surface area contributed by atoms with Crippen LogP contribution in [-0.2, 0) is 11.3 Å². The Kier molecular flexibility index (Phi) is 5.09. The van der Waals surface area contributed by atoms with Gasteiger partial charge < -0.3 is 4.90 Å². The van der Waals surface area contributed by atoms with E-state index >= 15 is 0 Å². The molecule has 0 spiro atoms. The van der Waals surface area contributed by atoms with Crippen LogP contribution in [-0.4, -0.2) is 50.8 Å². The molecule has 0 aromatic carbocycles. The van der Waals surface area contributed by atoms with Crippen LogP contribution in [0.4, 0.5) is 0 Å². The zero-order valence-electron chi connectivity index (χ0n) is 15.3. The quantitative estimate of drug-likeness (QED) is 0.807. The minimum atomic E-state index is 0.00516. The van der Waals surface area contributed by atoms with Crippen molar-refractivity contribution in [3.8, 4) is 0 Å². The van der Waals surface area contributed by atoms with Gasteiger partial charge in [0.15, 0.2) is 4.96 Å². The number of aryl methyl sites for hydroxylation is 1. The fourth-order valence-electron chi connectivity index (χ4n) is 4.19. The lowest BCUT2D eigenvalue weighted by Gasteiger charge is -2.36. The summed E-state index contributed by atoms with van der Waals surface area (Å²) in [6, 6.07) is 2.15. The van der Waals surface area contributed by atoms with E-state index in [4.69, 9.17) is 4.98 Å². The summed E-state index contributed by atoms with van der Waals surface area (Å²) in [5.74, 6) is 0.306. The molecule has 2 aromatic heterocycles. The van der Waals surface area contributed by atoms with Gasteiger partial charge >= 0.3 is 0 Å². The third-order valence-electron chi connectivity index (χ3n) is 5.55. The average Bonchev–Trinajstić information content (AvgIpc) is 3.19. The van der Waals surface area contributed by atoms with E-state index in [-0.39, 0.29) is 5.56 Å².